The maximum atomic E-state index is 13.6. The normalized spacial score (nSPS) is 16.4. The lowest BCUT2D eigenvalue weighted by Gasteiger charge is -2.41. The third kappa shape index (κ3) is 21.4. The van der Waals surface area contributed by atoms with Crippen molar-refractivity contribution in [2.75, 3.05) is 32.8 Å². The Balaban J connectivity index is 2.78. The fourth-order valence-corrected chi connectivity index (χ4v) is 6.97. The average molecular weight is 638 g/mol. The van der Waals surface area contributed by atoms with E-state index in [1.54, 1.807) is 0 Å². The van der Waals surface area contributed by atoms with Crippen LogP contribution in [0.4, 0.5) is 0 Å². The summed E-state index contributed by atoms with van der Waals surface area (Å²) in [4.78, 5) is 29.2. The molecule has 1 N–H and O–H groups in total. The molecule has 0 bridgehead atoms. The number of unbranched alkanes of at least 4 members (excludes halogenated alkanes) is 12. The summed E-state index contributed by atoms with van der Waals surface area (Å²) < 4.78 is 12.1. The first kappa shape index (κ1) is 41.9. The molecule has 266 valence electrons. The molecule has 0 spiro atoms. The topological polar surface area (TPSA) is 76.1 Å². The van der Waals surface area contributed by atoms with E-state index in [1.807, 2.05) is 0 Å². The fourth-order valence-electron chi connectivity index (χ4n) is 6.97. The van der Waals surface area contributed by atoms with E-state index in [0.29, 0.717) is 25.4 Å². The maximum absolute atomic E-state index is 13.6. The van der Waals surface area contributed by atoms with Gasteiger partial charge in [0, 0.05) is 6.61 Å². The number of nitrogens with zero attached hydrogens (tertiary/aromatic N) is 1. The lowest BCUT2D eigenvalue weighted by Crippen LogP contribution is -2.43. The predicted molar refractivity (Wildman–Crippen MR) is 188 cm³/mol. The number of hydrogen-bond donors (Lipinski definition) is 1. The fraction of sp³-hybridized carbons (Fsp3) is 0.949. The molecule has 6 heteroatoms. The summed E-state index contributed by atoms with van der Waals surface area (Å²) in [6.07, 6.45) is 26.5. The summed E-state index contributed by atoms with van der Waals surface area (Å²) in [7, 11) is 0. The van der Waals surface area contributed by atoms with Gasteiger partial charge in [-0.2, -0.15) is 0 Å². The molecule has 0 aliphatic carbocycles. The van der Waals surface area contributed by atoms with Crippen molar-refractivity contribution in [3.05, 3.63) is 0 Å². The molecule has 1 aliphatic heterocycles. The van der Waals surface area contributed by atoms with E-state index in [1.165, 1.54) is 83.5 Å². The molecule has 1 fully saturated rings. The summed E-state index contributed by atoms with van der Waals surface area (Å²) >= 11 is 0. The van der Waals surface area contributed by atoms with Crippen molar-refractivity contribution in [2.24, 2.45) is 11.3 Å². The Hall–Kier alpha value is -1.14. The van der Waals surface area contributed by atoms with Gasteiger partial charge in [0.25, 0.3) is 0 Å². The molecule has 2 atom stereocenters. The Bertz CT molecular complexity index is 706. The van der Waals surface area contributed by atoms with Gasteiger partial charge in [-0.25, -0.2) is 0 Å². The van der Waals surface area contributed by atoms with E-state index < -0.39 is 5.41 Å². The summed E-state index contributed by atoms with van der Waals surface area (Å²) in [6.45, 7) is 12.4. The minimum Gasteiger partial charge on any atom is -0.466 e. The first-order valence-corrected chi connectivity index (χ1v) is 19.6. The standard InChI is InChI=1S/C39H75NO5/c1-5-9-12-14-16-19-24-36(23-18-15-13-10-6-2)45-38(43)34-39(26-29-40(30-27-39)28-20-21-31-41)33-37(42)44-32-25-35(8-4)22-17-11-7-3/h35-36,41H,5-34H2,1-4H3. The number of carbonyl (C=O) groups is 2. The van der Waals surface area contributed by atoms with Crippen LogP contribution < -0.4 is 0 Å². The molecule has 45 heavy (non-hydrogen) atoms. The highest BCUT2D eigenvalue weighted by Crippen LogP contribution is 2.40. The van der Waals surface area contributed by atoms with Crippen LogP contribution in [0.3, 0.4) is 0 Å². The Labute approximate surface area is 279 Å². The number of likely N-dealkylation sites (tertiary alicyclic amines) is 1. The summed E-state index contributed by atoms with van der Waals surface area (Å²) in [5.74, 6) is 0.337. The molecule has 0 aromatic carbocycles. The molecule has 1 heterocycles. The molecule has 6 nitrogen and oxygen atoms in total. The lowest BCUT2D eigenvalue weighted by molar-refractivity contribution is -0.156. The van der Waals surface area contributed by atoms with Gasteiger partial charge in [-0.3, -0.25) is 9.59 Å². The van der Waals surface area contributed by atoms with Crippen molar-refractivity contribution in [2.45, 2.75) is 194 Å². The highest BCUT2D eigenvalue weighted by atomic mass is 16.5. The summed E-state index contributed by atoms with van der Waals surface area (Å²) in [6, 6.07) is 0. The lowest BCUT2D eigenvalue weighted by atomic mass is 9.73. The van der Waals surface area contributed by atoms with Crippen molar-refractivity contribution < 1.29 is 24.2 Å². The molecule has 1 rings (SSSR count). The second kappa shape index (κ2) is 27.9. The Morgan fingerprint density at radius 3 is 1.78 bits per heavy atom. The number of piperidine rings is 1. The van der Waals surface area contributed by atoms with Gasteiger partial charge in [0.05, 0.1) is 19.4 Å². The summed E-state index contributed by atoms with van der Waals surface area (Å²) in [5.41, 5.74) is -0.390. The molecule has 0 amide bonds. The Kier molecular flexibility index (Phi) is 26.0. The minimum atomic E-state index is -0.390. The van der Waals surface area contributed by atoms with Gasteiger partial charge in [0.2, 0.25) is 0 Å². The van der Waals surface area contributed by atoms with Crippen LogP contribution in [0.15, 0.2) is 0 Å². The van der Waals surface area contributed by atoms with Crippen LogP contribution in [-0.2, 0) is 19.1 Å². The third-order valence-corrected chi connectivity index (χ3v) is 10.2. The average Bonchev–Trinajstić information content (AvgIpc) is 3.02. The number of aliphatic hydroxyl groups excluding tert-OH is 1. The van der Waals surface area contributed by atoms with Gasteiger partial charge in [-0.1, -0.05) is 118 Å². The second-order valence-corrected chi connectivity index (χ2v) is 14.3. The highest BCUT2D eigenvalue weighted by molar-refractivity contribution is 5.74. The van der Waals surface area contributed by atoms with Crippen LogP contribution in [0.25, 0.3) is 0 Å². The van der Waals surface area contributed by atoms with Crippen LogP contribution >= 0.6 is 0 Å². The monoisotopic (exact) mass is 638 g/mol. The van der Waals surface area contributed by atoms with Crippen molar-refractivity contribution in [3.63, 3.8) is 0 Å². The van der Waals surface area contributed by atoms with Gasteiger partial charge < -0.3 is 19.5 Å². The number of esters is 2. The zero-order chi connectivity index (χ0) is 33.0. The van der Waals surface area contributed by atoms with Crippen LogP contribution in [0, 0.1) is 11.3 Å². The van der Waals surface area contributed by atoms with Gasteiger partial charge >= 0.3 is 11.9 Å². The van der Waals surface area contributed by atoms with Crippen LogP contribution in [0.2, 0.25) is 0 Å². The molecule has 1 aliphatic rings. The molecular weight excluding hydrogens is 562 g/mol. The molecule has 2 unspecified atom stereocenters. The molecule has 0 radical (unpaired) electrons. The van der Waals surface area contributed by atoms with Crippen molar-refractivity contribution >= 4 is 11.9 Å². The van der Waals surface area contributed by atoms with Gasteiger partial charge in [0.1, 0.15) is 6.10 Å². The van der Waals surface area contributed by atoms with Crippen molar-refractivity contribution in [1.29, 1.82) is 0 Å². The smallest absolute Gasteiger partial charge is 0.306 e. The predicted octanol–water partition coefficient (Wildman–Crippen LogP) is 10.2. The number of ether oxygens (including phenoxy) is 2. The first-order valence-electron chi connectivity index (χ1n) is 19.6. The second-order valence-electron chi connectivity index (χ2n) is 14.3. The minimum absolute atomic E-state index is 0.00782. The molecule has 0 saturated carbocycles. The van der Waals surface area contributed by atoms with E-state index in [9.17, 15) is 14.7 Å². The Morgan fingerprint density at radius 2 is 1.20 bits per heavy atom. The van der Waals surface area contributed by atoms with E-state index in [4.69, 9.17) is 9.47 Å². The van der Waals surface area contributed by atoms with Gasteiger partial charge in [-0.15, -0.1) is 0 Å². The van der Waals surface area contributed by atoms with Crippen LogP contribution in [-0.4, -0.2) is 60.9 Å². The maximum Gasteiger partial charge on any atom is 0.306 e. The van der Waals surface area contributed by atoms with E-state index in [-0.39, 0.29) is 24.6 Å². The third-order valence-electron chi connectivity index (χ3n) is 10.2. The van der Waals surface area contributed by atoms with E-state index in [0.717, 1.165) is 83.8 Å². The van der Waals surface area contributed by atoms with Crippen LogP contribution in [0.1, 0.15) is 188 Å². The largest absolute Gasteiger partial charge is 0.466 e. The SMILES string of the molecule is CCCCCCCCC(CCCCCCC)OC(=O)CC1(CC(=O)OCCC(CC)CCCCC)CCN(CCCCO)CC1. The quantitative estimate of drug-likeness (QED) is 0.0624. The van der Waals surface area contributed by atoms with Crippen molar-refractivity contribution in [1.82, 2.24) is 4.90 Å². The Morgan fingerprint density at radius 1 is 0.667 bits per heavy atom. The van der Waals surface area contributed by atoms with E-state index in [2.05, 4.69) is 32.6 Å². The number of aliphatic hydroxyl groups is 1. The van der Waals surface area contributed by atoms with Gasteiger partial charge in [0.15, 0.2) is 0 Å². The number of carbonyl (C=O) groups excluding carboxylic acids is 2. The molecule has 0 aromatic heterocycles. The van der Waals surface area contributed by atoms with Gasteiger partial charge in [-0.05, 0) is 88.8 Å². The van der Waals surface area contributed by atoms with Crippen LogP contribution in [0.5, 0.6) is 0 Å². The zero-order valence-corrected chi connectivity index (χ0v) is 30.4. The summed E-state index contributed by atoms with van der Waals surface area (Å²) in [5, 5.41) is 9.20. The number of hydrogen-bond acceptors (Lipinski definition) is 6. The molecule has 1 saturated heterocycles. The highest BCUT2D eigenvalue weighted by Gasteiger charge is 2.40. The molecular formula is C39H75NO5. The first-order chi connectivity index (χ1) is 21.9. The zero-order valence-electron chi connectivity index (χ0n) is 30.4. The molecule has 0 aromatic rings. The number of rotatable bonds is 30. The van der Waals surface area contributed by atoms with E-state index >= 15 is 0 Å². The van der Waals surface area contributed by atoms with Crippen molar-refractivity contribution in [3.8, 4) is 0 Å².